The number of nitrogens with zero attached hydrogens (tertiary/aromatic N) is 3. The summed E-state index contributed by atoms with van der Waals surface area (Å²) in [6.07, 6.45) is 3.38. The molecule has 170 valence electrons. The molecule has 4 aromatic rings. The second-order valence-electron chi connectivity index (χ2n) is 7.53. The topological polar surface area (TPSA) is 88.4 Å². The lowest BCUT2D eigenvalue weighted by atomic mass is 10.1. The Balaban J connectivity index is 1.46. The van der Waals surface area contributed by atoms with Gasteiger partial charge in [0.2, 0.25) is 0 Å². The fourth-order valence-electron chi connectivity index (χ4n) is 3.25. The van der Waals surface area contributed by atoms with E-state index in [1.54, 1.807) is 28.9 Å². The average Bonchev–Trinajstić information content (AvgIpc) is 3.28. The first-order valence-electron chi connectivity index (χ1n) is 10.6. The Kier molecular flexibility index (Phi) is 7.15. The van der Waals surface area contributed by atoms with Crippen molar-refractivity contribution in [3.63, 3.8) is 0 Å². The molecule has 0 saturated heterocycles. The minimum absolute atomic E-state index is 0.241. The quantitative estimate of drug-likeness (QED) is 0.309. The summed E-state index contributed by atoms with van der Waals surface area (Å²) in [4.78, 5) is 24.4. The number of amides is 2. The van der Waals surface area contributed by atoms with Crippen LogP contribution >= 0.6 is 11.6 Å². The molecule has 34 heavy (non-hydrogen) atoms. The summed E-state index contributed by atoms with van der Waals surface area (Å²) >= 11 is 6.01. The van der Waals surface area contributed by atoms with Gasteiger partial charge in [0.1, 0.15) is 5.69 Å². The van der Waals surface area contributed by atoms with Crippen molar-refractivity contribution in [3.05, 3.63) is 107 Å². The lowest BCUT2D eigenvalue weighted by molar-refractivity contribution is -0.120. The van der Waals surface area contributed by atoms with Gasteiger partial charge in [0.05, 0.1) is 29.0 Å². The van der Waals surface area contributed by atoms with Crippen LogP contribution in [0.25, 0.3) is 16.9 Å². The molecule has 0 bridgehead atoms. The van der Waals surface area contributed by atoms with Gasteiger partial charge in [-0.15, -0.1) is 0 Å². The smallest absolute Gasteiger partial charge is 0.259 e. The van der Waals surface area contributed by atoms with Gasteiger partial charge in [-0.25, -0.2) is 10.1 Å². The first kappa shape index (κ1) is 22.9. The number of hydrazone groups is 1. The third-order valence-electron chi connectivity index (χ3n) is 5.01. The molecule has 0 aliphatic carbocycles. The number of hydrogen-bond donors (Lipinski definition) is 2. The number of carbonyl (C=O) groups is 2. The third-order valence-corrected chi connectivity index (χ3v) is 5.34. The zero-order chi connectivity index (χ0) is 23.9. The summed E-state index contributed by atoms with van der Waals surface area (Å²) in [5.41, 5.74) is 7.18. The van der Waals surface area contributed by atoms with E-state index >= 15 is 0 Å². The van der Waals surface area contributed by atoms with Crippen LogP contribution in [0, 0.1) is 6.92 Å². The molecule has 0 fully saturated rings. The number of benzene rings is 3. The van der Waals surface area contributed by atoms with Crippen molar-refractivity contribution >= 4 is 29.6 Å². The molecule has 1 aromatic heterocycles. The molecule has 0 saturated carbocycles. The summed E-state index contributed by atoms with van der Waals surface area (Å²) in [6.45, 7) is 1.78. The largest absolute Gasteiger partial charge is 0.343 e. The number of carbonyl (C=O) groups excluding carboxylic acids is 2. The van der Waals surface area contributed by atoms with E-state index in [0.717, 1.165) is 28.1 Å². The molecule has 4 rings (SSSR count). The summed E-state index contributed by atoms with van der Waals surface area (Å²) < 4.78 is 1.77. The van der Waals surface area contributed by atoms with Crippen molar-refractivity contribution in [2.75, 3.05) is 6.54 Å². The molecule has 2 N–H and O–H groups in total. The van der Waals surface area contributed by atoms with Crippen LogP contribution < -0.4 is 10.7 Å². The Morgan fingerprint density at radius 3 is 2.44 bits per heavy atom. The van der Waals surface area contributed by atoms with Crippen molar-refractivity contribution in [1.82, 2.24) is 20.5 Å². The van der Waals surface area contributed by atoms with Gasteiger partial charge < -0.3 is 5.32 Å². The SMILES string of the molecule is Cc1ccc(-c2nn(-c3ccccc3)cc2/C=N/NC(=O)CNC(=O)c2ccccc2Cl)cc1. The fourth-order valence-corrected chi connectivity index (χ4v) is 3.47. The van der Waals surface area contributed by atoms with E-state index in [-0.39, 0.29) is 6.54 Å². The highest BCUT2D eigenvalue weighted by atomic mass is 35.5. The second kappa shape index (κ2) is 10.6. The Morgan fingerprint density at radius 2 is 1.71 bits per heavy atom. The Labute approximate surface area is 202 Å². The minimum Gasteiger partial charge on any atom is -0.343 e. The normalized spacial score (nSPS) is 10.9. The monoisotopic (exact) mass is 471 g/mol. The van der Waals surface area contributed by atoms with Crippen LogP contribution in [0.15, 0.2) is 90.2 Å². The summed E-state index contributed by atoms with van der Waals surface area (Å²) in [5, 5.41) is 11.6. The molecule has 8 heteroatoms. The van der Waals surface area contributed by atoms with Crippen LogP contribution in [-0.2, 0) is 4.79 Å². The van der Waals surface area contributed by atoms with E-state index in [1.165, 1.54) is 6.21 Å². The maximum Gasteiger partial charge on any atom is 0.259 e. The maximum atomic E-state index is 12.2. The van der Waals surface area contributed by atoms with Gasteiger partial charge in [-0.3, -0.25) is 9.59 Å². The number of aromatic nitrogens is 2. The molecular formula is C26H22ClN5O2. The number of aryl methyl sites for hydroxylation is 1. The molecule has 2 amide bonds. The molecule has 3 aromatic carbocycles. The molecule has 0 aliphatic rings. The van der Waals surface area contributed by atoms with Crippen molar-refractivity contribution in [2.24, 2.45) is 5.10 Å². The van der Waals surface area contributed by atoms with Crippen molar-refractivity contribution < 1.29 is 9.59 Å². The predicted octanol–water partition coefficient (Wildman–Crippen LogP) is 4.38. The summed E-state index contributed by atoms with van der Waals surface area (Å²) in [7, 11) is 0. The van der Waals surface area contributed by atoms with Crippen LogP contribution in [0.1, 0.15) is 21.5 Å². The van der Waals surface area contributed by atoms with Crippen LogP contribution in [0.5, 0.6) is 0 Å². The molecule has 0 aliphatic heterocycles. The van der Waals surface area contributed by atoms with Crippen LogP contribution in [-0.4, -0.2) is 34.4 Å². The lowest BCUT2D eigenvalue weighted by Gasteiger charge is -2.05. The molecule has 0 radical (unpaired) electrons. The van der Waals surface area contributed by atoms with Gasteiger partial charge >= 0.3 is 0 Å². The van der Waals surface area contributed by atoms with Gasteiger partial charge in [-0.05, 0) is 31.2 Å². The number of para-hydroxylation sites is 1. The zero-order valence-electron chi connectivity index (χ0n) is 18.4. The summed E-state index contributed by atoms with van der Waals surface area (Å²) in [6, 6.07) is 24.4. The van der Waals surface area contributed by atoms with E-state index in [4.69, 9.17) is 16.7 Å². The molecule has 0 atom stereocenters. The first-order chi connectivity index (χ1) is 16.5. The van der Waals surface area contributed by atoms with Crippen LogP contribution in [0.3, 0.4) is 0 Å². The summed E-state index contributed by atoms with van der Waals surface area (Å²) in [5.74, 6) is -0.903. The Morgan fingerprint density at radius 1 is 1.00 bits per heavy atom. The molecule has 7 nitrogen and oxygen atoms in total. The molecule has 1 heterocycles. The number of nitrogens with one attached hydrogen (secondary N) is 2. The van der Waals surface area contributed by atoms with E-state index < -0.39 is 11.8 Å². The third kappa shape index (κ3) is 5.57. The Hall–Kier alpha value is -4.23. The molecular weight excluding hydrogens is 450 g/mol. The highest BCUT2D eigenvalue weighted by Crippen LogP contribution is 2.23. The highest BCUT2D eigenvalue weighted by molar-refractivity contribution is 6.33. The standard InChI is InChI=1S/C26H22ClN5O2/c1-18-11-13-19(14-12-18)25-20(17-32(31-25)21-7-3-2-4-8-21)15-29-30-24(33)16-28-26(34)22-9-5-6-10-23(22)27/h2-15,17H,16H2,1H3,(H,28,34)(H,30,33)/b29-15+. The van der Waals surface area contributed by atoms with Gasteiger partial charge in [0.15, 0.2) is 0 Å². The maximum absolute atomic E-state index is 12.2. The van der Waals surface area contributed by atoms with Crippen molar-refractivity contribution in [2.45, 2.75) is 6.92 Å². The van der Waals surface area contributed by atoms with Crippen molar-refractivity contribution in [3.8, 4) is 16.9 Å². The number of hydrogen-bond acceptors (Lipinski definition) is 4. The first-order valence-corrected chi connectivity index (χ1v) is 11.0. The van der Waals surface area contributed by atoms with E-state index in [2.05, 4.69) is 15.8 Å². The molecule has 0 unspecified atom stereocenters. The minimum atomic E-state index is -0.469. The van der Waals surface area contributed by atoms with E-state index in [1.807, 2.05) is 67.7 Å². The Bertz CT molecular complexity index is 1330. The predicted molar refractivity (Wildman–Crippen MR) is 133 cm³/mol. The van der Waals surface area contributed by atoms with E-state index in [9.17, 15) is 9.59 Å². The average molecular weight is 472 g/mol. The number of halogens is 1. The van der Waals surface area contributed by atoms with Gasteiger partial charge in [0.25, 0.3) is 11.8 Å². The van der Waals surface area contributed by atoms with Crippen LogP contribution in [0.2, 0.25) is 5.02 Å². The lowest BCUT2D eigenvalue weighted by Crippen LogP contribution is -2.35. The fraction of sp³-hybridized carbons (Fsp3) is 0.0769. The van der Waals surface area contributed by atoms with E-state index in [0.29, 0.717) is 10.6 Å². The van der Waals surface area contributed by atoms with Crippen LogP contribution in [0.4, 0.5) is 0 Å². The van der Waals surface area contributed by atoms with Gasteiger partial charge in [-0.1, -0.05) is 71.8 Å². The van der Waals surface area contributed by atoms with Gasteiger partial charge in [0, 0.05) is 17.3 Å². The number of rotatable bonds is 7. The highest BCUT2D eigenvalue weighted by Gasteiger charge is 2.12. The van der Waals surface area contributed by atoms with Gasteiger partial charge in [-0.2, -0.15) is 10.2 Å². The van der Waals surface area contributed by atoms with Crippen molar-refractivity contribution in [1.29, 1.82) is 0 Å². The second-order valence-corrected chi connectivity index (χ2v) is 7.94. The molecule has 0 spiro atoms. The zero-order valence-corrected chi connectivity index (χ0v) is 19.2.